The van der Waals surface area contributed by atoms with E-state index >= 15 is 0 Å². The summed E-state index contributed by atoms with van der Waals surface area (Å²) in [6, 6.07) is 47.6. The van der Waals surface area contributed by atoms with E-state index in [0.29, 0.717) is 44.2 Å². The van der Waals surface area contributed by atoms with Crippen molar-refractivity contribution in [1.82, 2.24) is 0 Å². The van der Waals surface area contributed by atoms with Crippen LogP contribution in [0, 0.1) is 0 Å². The van der Waals surface area contributed by atoms with Gasteiger partial charge in [-0.2, -0.15) is 0 Å². The van der Waals surface area contributed by atoms with Gasteiger partial charge in [-0.1, -0.05) is 182 Å². The fourth-order valence-electron chi connectivity index (χ4n) is 6.82. The van der Waals surface area contributed by atoms with Gasteiger partial charge in [-0.3, -0.25) is 0 Å². The Kier molecular flexibility index (Phi) is 5.31. The second kappa shape index (κ2) is 11.8. The van der Waals surface area contributed by atoms with Crippen LogP contribution in [0.25, 0.3) is 88.0 Å². The molecule has 0 heterocycles. The fourth-order valence-corrected chi connectivity index (χ4v) is 6.82. The minimum Gasteiger partial charge on any atom is -0.0622 e. The van der Waals surface area contributed by atoms with Gasteiger partial charge in [0, 0.05) is 0 Å². The van der Waals surface area contributed by atoms with Gasteiger partial charge >= 0.3 is 0 Å². The second-order valence-corrected chi connectivity index (χ2v) is 11.9. The molecule has 0 aromatic heterocycles. The molecular formula is C48H32. The molecule has 224 valence electrons. The largest absolute Gasteiger partial charge is 0.0636 e. The van der Waals surface area contributed by atoms with Gasteiger partial charge in [0.1, 0.15) is 0 Å². The van der Waals surface area contributed by atoms with Crippen molar-refractivity contribution in [3.63, 3.8) is 0 Å². The Hall–Kier alpha value is -6.24. The summed E-state index contributed by atoms with van der Waals surface area (Å²) in [5.41, 5.74) is 7.08. The van der Waals surface area contributed by atoms with Crippen LogP contribution in [-0.4, -0.2) is 0 Å². The van der Waals surface area contributed by atoms with Gasteiger partial charge in [0.15, 0.2) is 0 Å². The average Bonchev–Trinajstić information content (AvgIpc) is 3.24. The van der Waals surface area contributed by atoms with Crippen LogP contribution in [-0.2, 0) is 0 Å². The Morgan fingerprint density at radius 3 is 1.58 bits per heavy atom. The summed E-state index contributed by atoms with van der Waals surface area (Å²) in [7, 11) is 0. The summed E-state index contributed by atoms with van der Waals surface area (Å²) in [4.78, 5) is 0. The van der Waals surface area contributed by atoms with E-state index in [1.807, 2.05) is 115 Å². The first kappa shape index (κ1) is 21.5. The Labute approximate surface area is 291 Å². The highest BCUT2D eigenvalue weighted by Crippen LogP contribution is 2.45. The number of hydrogen-bond donors (Lipinski definition) is 0. The molecule has 0 amide bonds. The van der Waals surface area contributed by atoms with Gasteiger partial charge in [-0.05, 0) is 100 Å². The number of hydrogen-bond acceptors (Lipinski definition) is 0. The summed E-state index contributed by atoms with van der Waals surface area (Å²) >= 11 is 0. The average molecular weight is 616 g/mol. The third-order valence-electron chi connectivity index (χ3n) is 9.10. The first-order valence-corrected chi connectivity index (χ1v) is 16.0. The van der Waals surface area contributed by atoms with Crippen LogP contribution >= 0.6 is 0 Å². The molecule has 0 atom stereocenters. The molecule has 0 heteroatoms. The zero-order valence-corrected chi connectivity index (χ0v) is 25.9. The molecule has 0 radical (unpaired) electrons. The van der Waals surface area contributed by atoms with Crippen LogP contribution < -0.4 is 0 Å². The molecule has 0 aliphatic rings. The Balaban J connectivity index is 1.44. The lowest BCUT2D eigenvalue weighted by Crippen LogP contribution is -1.92. The van der Waals surface area contributed by atoms with E-state index < -0.39 is 0 Å². The maximum Gasteiger partial charge on any atom is 0.0636 e. The van der Waals surface area contributed by atoms with Gasteiger partial charge in [-0.15, -0.1) is 0 Å². The molecule has 0 fully saturated rings. The van der Waals surface area contributed by atoms with Gasteiger partial charge in [-0.25, -0.2) is 0 Å². The van der Waals surface area contributed by atoms with Crippen molar-refractivity contribution < 1.29 is 9.60 Å². The first-order chi connectivity index (χ1) is 26.7. The van der Waals surface area contributed by atoms with E-state index in [2.05, 4.69) is 36.4 Å². The van der Waals surface area contributed by atoms with Crippen LogP contribution in [0.2, 0.25) is 0 Å². The zero-order valence-electron chi connectivity index (χ0n) is 32.9. The summed E-state index contributed by atoms with van der Waals surface area (Å²) in [5.74, 6) is 0. The van der Waals surface area contributed by atoms with Gasteiger partial charge < -0.3 is 0 Å². The highest BCUT2D eigenvalue weighted by Gasteiger charge is 2.18. The summed E-state index contributed by atoms with van der Waals surface area (Å²) in [5, 5.41) is 2.96. The van der Waals surface area contributed by atoms with Crippen molar-refractivity contribution >= 4 is 32.3 Å². The lowest BCUT2D eigenvalue weighted by Gasteiger charge is -2.19. The first-order valence-electron chi connectivity index (χ1n) is 19.5. The maximum absolute atomic E-state index is 10.1. The van der Waals surface area contributed by atoms with Crippen molar-refractivity contribution in [3.05, 3.63) is 194 Å². The van der Waals surface area contributed by atoms with E-state index in [-0.39, 0.29) is 53.1 Å². The molecule has 0 N–H and O–H groups in total. The summed E-state index contributed by atoms with van der Waals surface area (Å²) in [6.07, 6.45) is 0. The van der Waals surface area contributed by atoms with Crippen molar-refractivity contribution in [2.75, 3.05) is 0 Å². The highest BCUT2D eigenvalue weighted by atomic mass is 14.2. The molecule has 0 aliphatic carbocycles. The third-order valence-corrected chi connectivity index (χ3v) is 9.10. The SMILES string of the molecule is [2H]c1c([2H])c([2H])c2c(-c3cccc(-c4ccc(-c5ccccc5)cc4)c3)c3c([2H])c(-c4cccc5ccccc45)c([2H])c([2H])c3c(-c3ccccc3)c2c1[2H]. The van der Waals surface area contributed by atoms with E-state index in [4.69, 9.17) is 2.74 Å². The monoisotopic (exact) mass is 615 g/mol. The van der Waals surface area contributed by atoms with Gasteiger partial charge in [0.2, 0.25) is 0 Å². The predicted molar refractivity (Wildman–Crippen MR) is 206 cm³/mol. The number of benzene rings is 9. The van der Waals surface area contributed by atoms with Crippen LogP contribution in [0.5, 0.6) is 0 Å². The van der Waals surface area contributed by atoms with Crippen LogP contribution in [0.1, 0.15) is 9.60 Å². The normalized spacial score (nSPS) is 13.4. The lowest BCUT2D eigenvalue weighted by atomic mass is 9.84. The molecule has 0 spiro atoms. The molecule has 0 saturated carbocycles. The molecule has 0 unspecified atom stereocenters. The number of fused-ring (bicyclic) bond motifs is 3. The fraction of sp³-hybridized carbons (Fsp3) is 0. The van der Waals surface area contributed by atoms with Gasteiger partial charge in [0.05, 0.1) is 9.60 Å². The zero-order chi connectivity index (χ0) is 38.0. The minimum atomic E-state index is -0.386. The van der Waals surface area contributed by atoms with E-state index in [1.165, 1.54) is 0 Å². The molecule has 0 nitrogen and oxygen atoms in total. The van der Waals surface area contributed by atoms with E-state index in [0.717, 1.165) is 33.0 Å². The Morgan fingerprint density at radius 2 is 0.833 bits per heavy atom. The van der Waals surface area contributed by atoms with Gasteiger partial charge in [0.25, 0.3) is 0 Å². The van der Waals surface area contributed by atoms with E-state index in [9.17, 15) is 6.85 Å². The molecular weight excluding hydrogens is 577 g/mol. The van der Waals surface area contributed by atoms with Crippen molar-refractivity contribution in [2.45, 2.75) is 0 Å². The third kappa shape index (κ3) is 4.87. The standard InChI is InChI=1S/C48H32/c1-3-13-33(14-4-1)34-25-27-35(28-26-34)38-19-11-20-40(31-38)48-44-23-10-9-22-43(44)47(37-16-5-2-6-17-37)45-30-29-39(32-46(45)48)42-24-12-18-36-15-7-8-21-41(36)42/h1-32H/i9D,10D,22D,23D,29D,30D,32D. The second-order valence-electron chi connectivity index (χ2n) is 11.9. The van der Waals surface area contributed by atoms with E-state index in [1.54, 1.807) is 0 Å². The maximum atomic E-state index is 10.1. The smallest absolute Gasteiger partial charge is 0.0622 e. The molecule has 0 saturated heterocycles. The number of rotatable bonds is 5. The molecule has 0 aliphatic heterocycles. The van der Waals surface area contributed by atoms with Crippen molar-refractivity contribution in [3.8, 4) is 55.6 Å². The topological polar surface area (TPSA) is 0 Å². The van der Waals surface area contributed by atoms with Crippen molar-refractivity contribution in [2.24, 2.45) is 0 Å². The Bertz CT molecular complexity index is 2970. The van der Waals surface area contributed by atoms with Crippen LogP contribution in [0.15, 0.2) is 194 Å². The minimum absolute atomic E-state index is 0.0199. The molecule has 48 heavy (non-hydrogen) atoms. The molecule has 9 aromatic carbocycles. The van der Waals surface area contributed by atoms with Crippen molar-refractivity contribution in [1.29, 1.82) is 0 Å². The summed E-state index contributed by atoms with van der Waals surface area (Å²) in [6.45, 7) is 0. The predicted octanol–water partition coefficient (Wildman–Crippen LogP) is 13.5. The van der Waals surface area contributed by atoms with Crippen LogP contribution in [0.4, 0.5) is 0 Å². The van der Waals surface area contributed by atoms with Crippen LogP contribution in [0.3, 0.4) is 0 Å². The molecule has 9 aromatic rings. The molecule has 0 bridgehead atoms. The quantitative estimate of drug-likeness (QED) is 0.169. The molecule has 9 rings (SSSR count). The lowest BCUT2D eigenvalue weighted by molar-refractivity contribution is 1.58. The Morgan fingerprint density at radius 1 is 0.312 bits per heavy atom. The highest BCUT2D eigenvalue weighted by molar-refractivity contribution is 6.22. The summed E-state index contributed by atoms with van der Waals surface area (Å²) < 4.78 is 65.7.